The molecule has 0 saturated carbocycles. The van der Waals surface area contributed by atoms with Crippen LogP contribution in [0.1, 0.15) is 46.9 Å². The second kappa shape index (κ2) is 5.95. The van der Waals surface area contributed by atoms with Crippen molar-refractivity contribution in [3.63, 3.8) is 0 Å². The van der Waals surface area contributed by atoms with Crippen LogP contribution in [0.15, 0.2) is 34.8 Å². The highest BCUT2D eigenvalue weighted by molar-refractivity contribution is 5.92. The fourth-order valence-electron chi connectivity index (χ4n) is 2.85. The van der Waals surface area contributed by atoms with Gasteiger partial charge in [-0.15, -0.1) is 0 Å². The van der Waals surface area contributed by atoms with Gasteiger partial charge < -0.3 is 9.73 Å². The minimum absolute atomic E-state index is 0.142. The van der Waals surface area contributed by atoms with Crippen LogP contribution in [0.3, 0.4) is 0 Å². The van der Waals surface area contributed by atoms with E-state index in [2.05, 4.69) is 31.1 Å². The predicted molar refractivity (Wildman–Crippen MR) is 89.3 cm³/mol. The molecule has 1 heterocycles. The summed E-state index contributed by atoms with van der Waals surface area (Å²) in [5, 5.41) is 3.02. The molecular formula is C18H24N2O2. The fraction of sp³-hybridized carbons (Fsp3) is 0.444. The van der Waals surface area contributed by atoms with Crippen molar-refractivity contribution in [3.05, 3.63) is 36.2 Å². The van der Waals surface area contributed by atoms with Gasteiger partial charge in [0.15, 0.2) is 5.58 Å². The summed E-state index contributed by atoms with van der Waals surface area (Å²) in [5.74, 6) is 0.293. The van der Waals surface area contributed by atoms with Crippen LogP contribution in [0.5, 0.6) is 0 Å². The molecule has 4 nitrogen and oxygen atoms in total. The van der Waals surface area contributed by atoms with Gasteiger partial charge >= 0.3 is 0 Å². The number of aromatic nitrogens is 1. The highest BCUT2D eigenvalue weighted by Crippen LogP contribution is 2.26. The van der Waals surface area contributed by atoms with E-state index in [1.807, 2.05) is 38.1 Å². The van der Waals surface area contributed by atoms with E-state index in [4.69, 9.17) is 4.42 Å². The first-order valence-corrected chi connectivity index (χ1v) is 7.50. The van der Waals surface area contributed by atoms with Gasteiger partial charge in [0.1, 0.15) is 5.52 Å². The average Bonchev–Trinajstić information content (AvgIpc) is 2.75. The lowest BCUT2D eigenvalue weighted by molar-refractivity contribution is -0.118. The minimum atomic E-state index is -0.263. The van der Waals surface area contributed by atoms with Gasteiger partial charge in [-0.3, -0.25) is 4.79 Å². The number of benzene rings is 1. The third-order valence-corrected chi connectivity index (χ3v) is 3.12. The van der Waals surface area contributed by atoms with Gasteiger partial charge in [0.25, 0.3) is 0 Å². The average molecular weight is 300 g/mol. The van der Waals surface area contributed by atoms with Crippen LogP contribution < -0.4 is 5.32 Å². The van der Waals surface area contributed by atoms with Crippen molar-refractivity contribution in [1.29, 1.82) is 0 Å². The molecule has 118 valence electrons. The molecule has 1 aromatic heterocycles. The van der Waals surface area contributed by atoms with Gasteiger partial charge in [0.2, 0.25) is 11.8 Å². The SMILES string of the molecule is CC(C)(C)CC(C)(C)NC(=O)/C=C/c1nc2ccccc2o1. The Balaban J connectivity index is 2.02. The molecular weight excluding hydrogens is 276 g/mol. The molecule has 0 aliphatic heterocycles. The predicted octanol–water partition coefficient (Wildman–Crippen LogP) is 4.17. The number of hydrogen-bond acceptors (Lipinski definition) is 3. The third kappa shape index (κ3) is 4.72. The van der Waals surface area contributed by atoms with Crippen molar-refractivity contribution in [1.82, 2.24) is 10.3 Å². The summed E-state index contributed by atoms with van der Waals surface area (Å²) in [4.78, 5) is 16.4. The molecule has 0 unspecified atom stereocenters. The number of nitrogens with zero attached hydrogens (tertiary/aromatic N) is 1. The lowest BCUT2D eigenvalue weighted by atomic mass is 9.82. The van der Waals surface area contributed by atoms with Crippen molar-refractivity contribution < 1.29 is 9.21 Å². The van der Waals surface area contributed by atoms with Crippen LogP contribution in [-0.2, 0) is 4.79 Å². The highest BCUT2D eigenvalue weighted by Gasteiger charge is 2.26. The number of nitrogens with one attached hydrogen (secondary N) is 1. The molecule has 4 heteroatoms. The highest BCUT2D eigenvalue weighted by atomic mass is 16.3. The van der Waals surface area contributed by atoms with Crippen molar-refractivity contribution in [2.45, 2.75) is 46.6 Å². The quantitative estimate of drug-likeness (QED) is 0.862. The van der Waals surface area contributed by atoms with Crippen LogP contribution in [0.4, 0.5) is 0 Å². The summed E-state index contributed by atoms with van der Waals surface area (Å²) in [7, 11) is 0. The normalized spacial score (nSPS) is 13.0. The zero-order valence-electron chi connectivity index (χ0n) is 13.9. The first-order chi connectivity index (χ1) is 10.1. The minimum Gasteiger partial charge on any atom is -0.437 e. The molecule has 1 aromatic carbocycles. The maximum atomic E-state index is 12.1. The number of oxazole rings is 1. The van der Waals surface area contributed by atoms with Crippen LogP contribution in [0.2, 0.25) is 0 Å². The van der Waals surface area contributed by atoms with Gasteiger partial charge in [0.05, 0.1) is 0 Å². The lowest BCUT2D eigenvalue weighted by Gasteiger charge is -2.32. The molecule has 2 rings (SSSR count). The van der Waals surface area contributed by atoms with E-state index in [-0.39, 0.29) is 16.9 Å². The Kier molecular flexibility index (Phi) is 4.40. The molecule has 0 saturated heterocycles. The van der Waals surface area contributed by atoms with Gasteiger partial charge in [-0.05, 0) is 37.8 Å². The van der Waals surface area contributed by atoms with E-state index in [0.29, 0.717) is 5.89 Å². The van der Waals surface area contributed by atoms with Crippen molar-refractivity contribution >= 4 is 23.1 Å². The summed E-state index contributed by atoms with van der Waals surface area (Å²) < 4.78 is 5.55. The first kappa shape index (κ1) is 16.3. The Labute approximate surface area is 131 Å². The molecule has 0 radical (unpaired) electrons. The Bertz CT molecular complexity index is 657. The van der Waals surface area contributed by atoms with E-state index >= 15 is 0 Å². The molecule has 0 bridgehead atoms. The van der Waals surface area contributed by atoms with Gasteiger partial charge in [-0.1, -0.05) is 32.9 Å². The van der Waals surface area contributed by atoms with Gasteiger partial charge in [-0.25, -0.2) is 4.98 Å². The fourth-order valence-corrected chi connectivity index (χ4v) is 2.85. The molecule has 1 N–H and O–H groups in total. The Morgan fingerprint density at radius 3 is 2.55 bits per heavy atom. The number of fused-ring (bicyclic) bond motifs is 1. The second-order valence-electron chi connectivity index (χ2n) is 7.46. The van der Waals surface area contributed by atoms with Crippen LogP contribution >= 0.6 is 0 Å². The smallest absolute Gasteiger partial charge is 0.244 e. The van der Waals surface area contributed by atoms with Crippen LogP contribution in [-0.4, -0.2) is 16.4 Å². The van der Waals surface area contributed by atoms with E-state index in [0.717, 1.165) is 17.5 Å². The number of carbonyl (C=O) groups excluding carboxylic acids is 1. The van der Waals surface area contributed by atoms with E-state index in [1.54, 1.807) is 6.08 Å². The number of para-hydroxylation sites is 2. The number of carbonyl (C=O) groups is 1. The molecule has 2 aromatic rings. The topological polar surface area (TPSA) is 55.1 Å². The number of hydrogen-bond donors (Lipinski definition) is 1. The second-order valence-corrected chi connectivity index (χ2v) is 7.46. The van der Waals surface area contributed by atoms with Crippen molar-refractivity contribution in [3.8, 4) is 0 Å². The number of amides is 1. The van der Waals surface area contributed by atoms with Crippen molar-refractivity contribution in [2.75, 3.05) is 0 Å². The zero-order chi connectivity index (χ0) is 16.4. The zero-order valence-corrected chi connectivity index (χ0v) is 13.9. The summed E-state index contributed by atoms with van der Waals surface area (Å²) >= 11 is 0. The van der Waals surface area contributed by atoms with Gasteiger partial charge in [0, 0.05) is 17.7 Å². The van der Waals surface area contributed by atoms with E-state index in [9.17, 15) is 4.79 Å². The van der Waals surface area contributed by atoms with E-state index in [1.165, 1.54) is 6.08 Å². The molecule has 0 atom stereocenters. The molecule has 0 spiro atoms. The monoisotopic (exact) mass is 300 g/mol. The molecule has 0 aliphatic rings. The van der Waals surface area contributed by atoms with Crippen LogP contribution in [0.25, 0.3) is 17.2 Å². The maximum Gasteiger partial charge on any atom is 0.244 e. The maximum absolute atomic E-state index is 12.1. The Hall–Kier alpha value is -2.10. The summed E-state index contributed by atoms with van der Waals surface area (Å²) in [6.45, 7) is 10.5. The molecule has 0 aliphatic carbocycles. The summed E-state index contributed by atoms with van der Waals surface area (Å²) in [5.41, 5.74) is 1.40. The molecule has 1 amide bonds. The molecule has 0 fully saturated rings. The summed E-state index contributed by atoms with van der Waals surface area (Å²) in [6, 6.07) is 7.53. The third-order valence-electron chi connectivity index (χ3n) is 3.12. The number of rotatable bonds is 4. The summed E-state index contributed by atoms with van der Waals surface area (Å²) in [6.07, 6.45) is 3.96. The van der Waals surface area contributed by atoms with Crippen LogP contribution in [0, 0.1) is 5.41 Å². The lowest BCUT2D eigenvalue weighted by Crippen LogP contribution is -2.45. The largest absolute Gasteiger partial charge is 0.437 e. The Morgan fingerprint density at radius 2 is 1.91 bits per heavy atom. The van der Waals surface area contributed by atoms with Gasteiger partial charge in [-0.2, -0.15) is 0 Å². The Morgan fingerprint density at radius 1 is 1.23 bits per heavy atom. The standard InChI is InChI=1S/C18H24N2O2/c1-17(2,3)12-18(4,5)20-15(21)10-11-16-19-13-8-6-7-9-14(13)22-16/h6-11H,12H2,1-5H3,(H,20,21)/b11-10+. The van der Waals surface area contributed by atoms with Crippen molar-refractivity contribution in [2.24, 2.45) is 5.41 Å². The first-order valence-electron chi connectivity index (χ1n) is 7.50. The molecule has 22 heavy (non-hydrogen) atoms. The van der Waals surface area contributed by atoms with E-state index < -0.39 is 0 Å².